The Morgan fingerprint density at radius 2 is 2.12 bits per heavy atom. The Hall–Kier alpha value is -2.28. The standard InChI is InChI=1S/C17H24N6O/c1-24-11-9-18-16-6-5-15(21-22-16)12-14-4-2-10-23(13-14)17-19-7-3-8-20-17/h3,5-8,14H,2,4,9-13H2,1H3,(H,18,22). The summed E-state index contributed by atoms with van der Waals surface area (Å²) in [5, 5.41) is 11.8. The van der Waals surface area contributed by atoms with Crippen molar-refractivity contribution >= 4 is 11.8 Å². The van der Waals surface area contributed by atoms with Crippen molar-refractivity contribution in [2.45, 2.75) is 19.3 Å². The molecule has 2 aromatic rings. The summed E-state index contributed by atoms with van der Waals surface area (Å²) < 4.78 is 5.01. The Bertz CT molecular complexity index is 606. The van der Waals surface area contributed by atoms with Gasteiger partial charge in [0.2, 0.25) is 5.95 Å². The normalized spacial score (nSPS) is 17.7. The molecule has 1 fully saturated rings. The van der Waals surface area contributed by atoms with E-state index in [1.54, 1.807) is 19.5 Å². The van der Waals surface area contributed by atoms with E-state index in [9.17, 15) is 0 Å². The molecular weight excluding hydrogens is 304 g/mol. The summed E-state index contributed by atoms with van der Waals surface area (Å²) in [4.78, 5) is 11.0. The molecule has 1 atom stereocenters. The van der Waals surface area contributed by atoms with Gasteiger partial charge in [0.25, 0.3) is 0 Å². The Morgan fingerprint density at radius 1 is 1.25 bits per heavy atom. The van der Waals surface area contributed by atoms with E-state index in [0.29, 0.717) is 12.5 Å². The predicted molar refractivity (Wildman–Crippen MR) is 93.1 cm³/mol. The fourth-order valence-corrected chi connectivity index (χ4v) is 3.01. The minimum absolute atomic E-state index is 0.559. The second-order valence-corrected chi connectivity index (χ2v) is 6.04. The average Bonchev–Trinajstić information content (AvgIpc) is 2.64. The SMILES string of the molecule is COCCNc1ccc(CC2CCCN(c3ncccn3)C2)nn1. The van der Waals surface area contributed by atoms with E-state index in [2.05, 4.69) is 36.4 Å². The molecule has 0 saturated carbocycles. The summed E-state index contributed by atoms with van der Waals surface area (Å²) in [6.07, 6.45) is 6.90. The van der Waals surface area contributed by atoms with E-state index < -0.39 is 0 Å². The maximum Gasteiger partial charge on any atom is 0.225 e. The lowest BCUT2D eigenvalue weighted by atomic mass is 9.93. The number of ether oxygens (including phenoxy) is 1. The van der Waals surface area contributed by atoms with Crippen molar-refractivity contribution in [3.8, 4) is 0 Å². The number of hydrogen-bond acceptors (Lipinski definition) is 7. The second kappa shape index (κ2) is 8.54. The molecule has 3 heterocycles. The fraction of sp³-hybridized carbons (Fsp3) is 0.529. The summed E-state index contributed by atoms with van der Waals surface area (Å²) in [7, 11) is 1.68. The van der Waals surface area contributed by atoms with Gasteiger partial charge in [0, 0.05) is 39.1 Å². The molecule has 1 saturated heterocycles. The van der Waals surface area contributed by atoms with Gasteiger partial charge < -0.3 is 15.0 Å². The first-order valence-electron chi connectivity index (χ1n) is 8.42. The van der Waals surface area contributed by atoms with Crippen LogP contribution in [0.1, 0.15) is 18.5 Å². The summed E-state index contributed by atoms with van der Waals surface area (Å²) >= 11 is 0. The Labute approximate surface area is 142 Å². The van der Waals surface area contributed by atoms with Gasteiger partial charge in [-0.25, -0.2) is 9.97 Å². The maximum absolute atomic E-state index is 5.01. The van der Waals surface area contributed by atoms with Crippen LogP contribution >= 0.6 is 0 Å². The van der Waals surface area contributed by atoms with Crippen molar-refractivity contribution in [1.82, 2.24) is 20.2 Å². The Kier molecular flexibility index (Phi) is 5.90. The molecule has 7 nitrogen and oxygen atoms in total. The Morgan fingerprint density at radius 3 is 2.88 bits per heavy atom. The van der Waals surface area contributed by atoms with E-state index in [-0.39, 0.29) is 0 Å². The molecule has 0 bridgehead atoms. The van der Waals surface area contributed by atoms with Gasteiger partial charge in [-0.15, -0.1) is 5.10 Å². The zero-order chi connectivity index (χ0) is 16.6. The van der Waals surface area contributed by atoms with Crippen molar-refractivity contribution in [2.24, 2.45) is 5.92 Å². The first-order valence-corrected chi connectivity index (χ1v) is 8.42. The van der Waals surface area contributed by atoms with E-state index in [1.165, 1.54) is 6.42 Å². The highest BCUT2D eigenvalue weighted by molar-refractivity contribution is 5.33. The van der Waals surface area contributed by atoms with Crippen LogP contribution in [0.3, 0.4) is 0 Å². The zero-order valence-corrected chi connectivity index (χ0v) is 14.1. The lowest BCUT2D eigenvalue weighted by Crippen LogP contribution is -2.37. The van der Waals surface area contributed by atoms with Crippen LogP contribution < -0.4 is 10.2 Å². The highest BCUT2D eigenvalue weighted by atomic mass is 16.5. The minimum Gasteiger partial charge on any atom is -0.383 e. The lowest BCUT2D eigenvalue weighted by Gasteiger charge is -2.32. The zero-order valence-electron chi connectivity index (χ0n) is 14.1. The second-order valence-electron chi connectivity index (χ2n) is 6.04. The van der Waals surface area contributed by atoms with Crippen molar-refractivity contribution in [3.05, 3.63) is 36.3 Å². The summed E-state index contributed by atoms with van der Waals surface area (Å²) in [5.41, 5.74) is 1.04. The quantitative estimate of drug-likeness (QED) is 0.776. The van der Waals surface area contributed by atoms with E-state index in [4.69, 9.17) is 4.74 Å². The molecule has 2 aromatic heterocycles. The van der Waals surface area contributed by atoms with Crippen molar-refractivity contribution in [1.29, 1.82) is 0 Å². The highest BCUT2D eigenvalue weighted by Gasteiger charge is 2.22. The van der Waals surface area contributed by atoms with Gasteiger partial charge in [0.05, 0.1) is 12.3 Å². The number of nitrogens with zero attached hydrogens (tertiary/aromatic N) is 5. The van der Waals surface area contributed by atoms with Crippen LogP contribution in [0.25, 0.3) is 0 Å². The monoisotopic (exact) mass is 328 g/mol. The van der Waals surface area contributed by atoms with Gasteiger partial charge >= 0.3 is 0 Å². The number of nitrogens with one attached hydrogen (secondary N) is 1. The van der Waals surface area contributed by atoms with Crippen LogP contribution in [0, 0.1) is 5.92 Å². The van der Waals surface area contributed by atoms with Gasteiger partial charge in [-0.05, 0) is 43.4 Å². The highest BCUT2D eigenvalue weighted by Crippen LogP contribution is 2.22. The van der Waals surface area contributed by atoms with Gasteiger partial charge in [-0.1, -0.05) is 0 Å². The van der Waals surface area contributed by atoms with Crippen LogP contribution in [0.5, 0.6) is 0 Å². The summed E-state index contributed by atoms with van der Waals surface area (Å²) in [5.74, 6) is 2.17. The third kappa shape index (κ3) is 4.61. The number of piperidine rings is 1. The van der Waals surface area contributed by atoms with E-state index >= 15 is 0 Å². The largest absolute Gasteiger partial charge is 0.383 e. The summed E-state index contributed by atoms with van der Waals surface area (Å²) in [6, 6.07) is 5.89. The number of aromatic nitrogens is 4. The average molecular weight is 328 g/mol. The number of methoxy groups -OCH3 is 1. The fourth-order valence-electron chi connectivity index (χ4n) is 3.01. The van der Waals surface area contributed by atoms with Crippen molar-refractivity contribution in [2.75, 3.05) is 43.6 Å². The molecule has 128 valence electrons. The molecule has 3 rings (SSSR count). The molecule has 24 heavy (non-hydrogen) atoms. The molecule has 1 aliphatic heterocycles. The molecule has 0 aromatic carbocycles. The minimum atomic E-state index is 0.559. The van der Waals surface area contributed by atoms with Crippen molar-refractivity contribution in [3.63, 3.8) is 0 Å². The molecular formula is C17H24N6O. The van der Waals surface area contributed by atoms with Gasteiger partial charge in [0.1, 0.15) is 5.82 Å². The molecule has 0 aliphatic carbocycles. The molecule has 1 aliphatic rings. The van der Waals surface area contributed by atoms with Crippen LogP contribution in [0.15, 0.2) is 30.6 Å². The maximum atomic E-state index is 5.01. The van der Waals surface area contributed by atoms with Crippen LogP contribution in [0.4, 0.5) is 11.8 Å². The first kappa shape index (κ1) is 16.6. The van der Waals surface area contributed by atoms with Crippen LogP contribution in [-0.4, -0.2) is 53.5 Å². The summed E-state index contributed by atoms with van der Waals surface area (Å²) in [6.45, 7) is 3.39. The molecule has 1 N–H and O–H groups in total. The lowest BCUT2D eigenvalue weighted by molar-refractivity contribution is 0.210. The van der Waals surface area contributed by atoms with E-state index in [0.717, 1.165) is 49.9 Å². The predicted octanol–water partition coefficient (Wildman–Crippen LogP) is 1.78. The molecule has 0 spiro atoms. The van der Waals surface area contributed by atoms with Crippen LogP contribution in [-0.2, 0) is 11.2 Å². The molecule has 0 radical (unpaired) electrons. The number of rotatable bonds is 7. The van der Waals surface area contributed by atoms with Crippen LogP contribution in [0.2, 0.25) is 0 Å². The third-order valence-corrected chi connectivity index (χ3v) is 4.18. The number of anilines is 2. The molecule has 1 unspecified atom stereocenters. The van der Waals surface area contributed by atoms with Gasteiger partial charge in [-0.2, -0.15) is 5.10 Å². The first-order chi connectivity index (χ1) is 11.8. The Balaban J connectivity index is 1.53. The third-order valence-electron chi connectivity index (χ3n) is 4.18. The topological polar surface area (TPSA) is 76.1 Å². The van der Waals surface area contributed by atoms with Gasteiger partial charge in [0.15, 0.2) is 0 Å². The number of hydrogen-bond donors (Lipinski definition) is 1. The smallest absolute Gasteiger partial charge is 0.225 e. The molecule has 0 amide bonds. The van der Waals surface area contributed by atoms with E-state index in [1.807, 2.05) is 12.1 Å². The van der Waals surface area contributed by atoms with Gasteiger partial charge in [-0.3, -0.25) is 0 Å². The van der Waals surface area contributed by atoms with Crippen molar-refractivity contribution < 1.29 is 4.74 Å². The molecule has 7 heteroatoms.